The van der Waals surface area contributed by atoms with Gasteiger partial charge in [-0.15, -0.1) is 0 Å². The van der Waals surface area contributed by atoms with E-state index in [2.05, 4.69) is 0 Å². The molecule has 2 aromatic rings. The van der Waals surface area contributed by atoms with E-state index in [1.54, 1.807) is 30.3 Å². The fourth-order valence-electron chi connectivity index (χ4n) is 2.23. The topological polar surface area (TPSA) is 54.4 Å². The average Bonchev–Trinajstić information content (AvgIpc) is 2.46. The largest absolute Gasteiger partial charge is 0.416 e. The van der Waals surface area contributed by atoms with E-state index in [4.69, 9.17) is 0 Å². The predicted molar refractivity (Wildman–Crippen MR) is 80.3 cm³/mol. The van der Waals surface area contributed by atoms with Crippen molar-refractivity contribution in [2.75, 3.05) is 5.75 Å². The second-order valence-electron chi connectivity index (χ2n) is 5.14. The van der Waals surface area contributed by atoms with Gasteiger partial charge in [0.2, 0.25) is 0 Å². The number of sulfone groups is 1. The van der Waals surface area contributed by atoms with Gasteiger partial charge < -0.3 is 5.11 Å². The van der Waals surface area contributed by atoms with E-state index in [0.717, 1.165) is 12.1 Å². The van der Waals surface area contributed by atoms with Crippen LogP contribution in [0.4, 0.5) is 13.2 Å². The Kier molecular flexibility index (Phi) is 5.11. The summed E-state index contributed by atoms with van der Waals surface area (Å²) in [5.74, 6) is -1.41. The van der Waals surface area contributed by atoms with E-state index in [1.165, 1.54) is 12.1 Å². The van der Waals surface area contributed by atoms with Gasteiger partial charge in [-0.2, -0.15) is 13.2 Å². The molecule has 3 nitrogen and oxygen atoms in total. The van der Waals surface area contributed by atoms with Gasteiger partial charge in [0.25, 0.3) is 0 Å². The van der Waals surface area contributed by atoms with Crippen molar-refractivity contribution < 1.29 is 26.7 Å². The smallest absolute Gasteiger partial charge is 0.387 e. The van der Waals surface area contributed by atoms with Crippen molar-refractivity contribution in [1.29, 1.82) is 0 Å². The predicted octanol–water partition coefficient (Wildman–Crippen LogP) is 3.35. The highest BCUT2D eigenvalue weighted by Gasteiger charge is 2.34. The molecule has 0 saturated carbocycles. The van der Waals surface area contributed by atoms with E-state index >= 15 is 0 Å². The lowest BCUT2D eigenvalue weighted by molar-refractivity contribution is -0.138. The Morgan fingerprint density at radius 2 is 1.52 bits per heavy atom. The van der Waals surface area contributed by atoms with Crippen LogP contribution < -0.4 is 0 Å². The number of hydrogen-bond donors (Lipinski definition) is 1. The minimum atomic E-state index is -4.62. The molecule has 0 radical (unpaired) electrons. The van der Waals surface area contributed by atoms with E-state index in [0.29, 0.717) is 5.56 Å². The Labute approximate surface area is 132 Å². The van der Waals surface area contributed by atoms with Gasteiger partial charge in [0.05, 0.1) is 23.2 Å². The van der Waals surface area contributed by atoms with Crippen LogP contribution in [0.3, 0.4) is 0 Å². The SMILES string of the molecule is O=S(=O)(Cc1ccccc1C(F)(F)F)C[C@@H](O)c1ccccc1. The minimum Gasteiger partial charge on any atom is -0.387 e. The highest BCUT2D eigenvalue weighted by molar-refractivity contribution is 7.90. The number of aliphatic hydroxyl groups is 1. The van der Waals surface area contributed by atoms with E-state index in [1.807, 2.05) is 0 Å². The summed E-state index contributed by atoms with van der Waals surface area (Å²) in [5, 5.41) is 9.96. The van der Waals surface area contributed by atoms with E-state index in [-0.39, 0.29) is 5.56 Å². The van der Waals surface area contributed by atoms with Crippen LogP contribution in [-0.4, -0.2) is 19.3 Å². The van der Waals surface area contributed by atoms with E-state index < -0.39 is 39.2 Å². The number of alkyl halides is 3. The first-order valence-corrected chi connectivity index (χ1v) is 8.60. The van der Waals surface area contributed by atoms with Gasteiger partial charge in [-0.05, 0) is 17.2 Å². The fraction of sp³-hybridized carbons (Fsp3) is 0.250. The third-order valence-corrected chi connectivity index (χ3v) is 4.87. The maximum absolute atomic E-state index is 12.9. The summed E-state index contributed by atoms with van der Waals surface area (Å²) in [6.07, 6.45) is -5.90. The molecule has 0 aliphatic rings. The zero-order chi connectivity index (χ0) is 17.1. The molecule has 7 heteroatoms. The molecule has 0 saturated heterocycles. The number of halogens is 3. The zero-order valence-electron chi connectivity index (χ0n) is 12.0. The summed E-state index contributed by atoms with van der Waals surface area (Å²) in [5.41, 5.74) is -0.891. The molecule has 0 amide bonds. The standard InChI is InChI=1S/C16H15F3O3S/c17-16(18,19)14-9-5-4-8-13(14)10-23(21,22)11-15(20)12-6-2-1-3-7-12/h1-9,15,20H,10-11H2/t15-/m1/s1. The minimum absolute atomic E-state index is 0.319. The van der Waals surface area contributed by atoms with Crippen LogP contribution in [0.1, 0.15) is 22.8 Å². The summed E-state index contributed by atoms with van der Waals surface area (Å²) in [6, 6.07) is 12.7. The first-order chi connectivity index (χ1) is 10.7. The third kappa shape index (κ3) is 4.80. The van der Waals surface area contributed by atoms with Crippen molar-refractivity contribution in [3.63, 3.8) is 0 Å². The summed E-state index contributed by atoms with van der Waals surface area (Å²) in [4.78, 5) is 0. The molecule has 0 aliphatic carbocycles. The molecule has 2 aromatic carbocycles. The zero-order valence-corrected chi connectivity index (χ0v) is 12.8. The number of hydrogen-bond acceptors (Lipinski definition) is 3. The number of aliphatic hydroxyl groups excluding tert-OH is 1. The Bertz CT molecular complexity index is 756. The Balaban J connectivity index is 2.20. The van der Waals surface area contributed by atoms with Crippen LogP contribution in [0, 0.1) is 0 Å². The second-order valence-corrected chi connectivity index (χ2v) is 7.25. The van der Waals surface area contributed by atoms with Crippen molar-refractivity contribution >= 4 is 9.84 Å². The van der Waals surface area contributed by atoms with E-state index in [9.17, 15) is 26.7 Å². The monoisotopic (exact) mass is 344 g/mol. The number of benzene rings is 2. The molecule has 1 atom stereocenters. The summed E-state index contributed by atoms with van der Waals surface area (Å²) in [7, 11) is -3.91. The van der Waals surface area contributed by atoms with Gasteiger partial charge in [0.1, 0.15) is 0 Å². The molecule has 0 aromatic heterocycles. The summed E-state index contributed by atoms with van der Waals surface area (Å²) in [6.45, 7) is 0. The van der Waals surface area contributed by atoms with Crippen LogP contribution in [0.25, 0.3) is 0 Å². The second kappa shape index (κ2) is 6.72. The fourth-order valence-corrected chi connectivity index (χ4v) is 3.75. The highest BCUT2D eigenvalue weighted by Crippen LogP contribution is 2.33. The van der Waals surface area contributed by atoms with Gasteiger partial charge in [0.15, 0.2) is 9.84 Å². The molecule has 124 valence electrons. The van der Waals surface area contributed by atoms with Crippen LogP contribution in [0.2, 0.25) is 0 Å². The molecule has 0 heterocycles. The quantitative estimate of drug-likeness (QED) is 0.905. The molecule has 1 N–H and O–H groups in total. The maximum atomic E-state index is 12.9. The Morgan fingerprint density at radius 3 is 2.13 bits per heavy atom. The highest BCUT2D eigenvalue weighted by atomic mass is 32.2. The molecule has 2 rings (SSSR count). The molecule has 0 unspecified atom stereocenters. The lowest BCUT2D eigenvalue weighted by Crippen LogP contribution is -2.18. The van der Waals surface area contributed by atoms with Gasteiger partial charge in [0, 0.05) is 0 Å². The molecular formula is C16H15F3O3S. The van der Waals surface area contributed by atoms with Crippen molar-refractivity contribution in [2.45, 2.75) is 18.0 Å². The Morgan fingerprint density at radius 1 is 0.957 bits per heavy atom. The lowest BCUT2D eigenvalue weighted by Gasteiger charge is -2.15. The molecule has 23 heavy (non-hydrogen) atoms. The molecule has 0 fully saturated rings. The van der Waals surface area contributed by atoms with Crippen molar-refractivity contribution in [1.82, 2.24) is 0 Å². The van der Waals surface area contributed by atoms with Gasteiger partial charge in [-0.1, -0.05) is 48.5 Å². The Hall–Kier alpha value is -1.86. The van der Waals surface area contributed by atoms with Crippen LogP contribution in [-0.2, 0) is 21.8 Å². The maximum Gasteiger partial charge on any atom is 0.416 e. The van der Waals surface area contributed by atoms with Crippen LogP contribution in [0.5, 0.6) is 0 Å². The van der Waals surface area contributed by atoms with Gasteiger partial charge >= 0.3 is 6.18 Å². The van der Waals surface area contributed by atoms with Crippen molar-refractivity contribution in [2.24, 2.45) is 0 Å². The average molecular weight is 344 g/mol. The van der Waals surface area contributed by atoms with Crippen molar-refractivity contribution in [3.05, 3.63) is 71.3 Å². The molecule has 0 aliphatic heterocycles. The van der Waals surface area contributed by atoms with Gasteiger partial charge in [-0.3, -0.25) is 0 Å². The third-order valence-electron chi connectivity index (χ3n) is 3.29. The first-order valence-electron chi connectivity index (χ1n) is 6.77. The molecule has 0 bridgehead atoms. The first kappa shape index (κ1) is 17.5. The normalized spacial score (nSPS) is 13.7. The summed E-state index contributed by atoms with van der Waals surface area (Å²) < 4.78 is 63.0. The van der Waals surface area contributed by atoms with Crippen molar-refractivity contribution in [3.8, 4) is 0 Å². The van der Waals surface area contributed by atoms with Crippen LogP contribution >= 0.6 is 0 Å². The van der Waals surface area contributed by atoms with Gasteiger partial charge in [-0.25, -0.2) is 8.42 Å². The number of rotatable bonds is 5. The molecule has 0 spiro atoms. The molecular weight excluding hydrogens is 329 g/mol. The summed E-state index contributed by atoms with van der Waals surface area (Å²) >= 11 is 0. The lowest BCUT2D eigenvalue weighted by atomic mass is 10.1. The van der Waals surface area contributed by atoms with Crippen LogP contribution in [0.15, 0.2) is 54.6 Å².